The van der Waals surface area contributed by atoms with E-state index in [1.54, 1.807) is 18.2 Å². The molecule has 0 saturated carbocycles. The zero-order valence-electron chi connectivity index (χ0n) is 8.88. The van der Waals surface area contributed by atoms with Gasteiger partial charge < -0.3 is 0 Å². The smallest absolute Gasteiger partial charge is 0.196 e. The molecule has 92 valence electrons. The molecule has 0 bridgehead atoms. The summed E-state index contributed by atoms with van der Waals surface area (Å²) in [5.74, 6) is -1.94. The molecule has 0 heterocycles. The summed E-state index contributed by atoms with van der Waals surface area (Å²) in [5, 5.41) is 0. The molecule has 2 aromatic rings. The molecule has 0 aliphatic heterocycles. The van der Waals surface area contributed by atoms with Crippen molar-refractivity contribution in [3.05, 3.63) is 68.1 Å². The van der Waals surface area contributed by atoms with Crippen molar-refractivity contribution in [2.45, 2.75) is 0 Å². The molecule has 0 radical (unpaired) electrons. The third-order valence-corrected chi connectivity index (χ3v) is 3.21. The lowest BCUT2D eigenvalue weighted by molar-refractivity contribution is 0.103. The van der Waals surface area contributed by atoms with Gasteiger partial charge in [0.25, 0.3) is 0 Å². The zero-order valence-corrected chi connectivity index (χ0v) is 12.1. The summed E-state index contributed by atoms with van der Waals surface area (Å²) in [7, 11) is 0. The largest absolute Gasteiger partial charge is 0.288 e. The molecule has 18 heavy (non-hydrogen) atoms. The van der Waals surface area contributed by atoms with E-state index in [9.17, 15) is 13.6 Å². The molecular formula is C13H6Br2F2O. The number of benzene rings is 2. The van der Waals surface area contributed by atoms with Gasteiger partial charge in [0.15, 0.2) is 5.78 Å². The average molecular weight is 376 g/mol. The number of ketones is 1. The van der Waals surface area contributed by atoms with Crippen LogP contribution in [0.4, 0.5) is 8.78 Å². The Kier molecular flexibility index (Phi) is 3.92. The maximum atomic E-state index is 13.5. The maximum absolute atomic E-state index is 13.5. The molecule has 0 aromatic heterocycles. The van der Waals surface area contributed by atoms with Gasteiger partial charge in [0.05, 0.1) is 5.56 Å². The van der Waals surface area contributed by atoms with Crippen LogP contribution in [0.1, 0.15) is 15.9 Å². The van der Waals surface area contributed by atoms with E-state index in [2.05, 4.69) is 31.9 Å². The Labute approximate surface area is 119 Å². The number of hydrogen-bond acceptors (Lipinski definition) is 1. The molecule has 0 aliphatic rings. The lowest BCUT2D eigenvalue weighted by Crippen LogP contribution is -2.05. The Morgan fingerprint density at radius 3 is 2.17 bits per heavy atom. The molecule has 0 fully saturated rings. The highest BCUT2D eigenvalue weighted by atomic mass is 79.9. The monoisotopic (exact) mass is 374 g/mol. The molecule has 1 nitrogen and oxygen atoms in total. The highest BCUT2D eigenvalue weighted by molar-refractivity contribution is 9.11. The van der Waals surface area contributed by atoms with Gasteiger partial charge in [-0.05, 0) is 36.4 Å². The summed E-state index contributed by atoms with van der Waals surface area (Å²) in [6.07, 6.45) is 0. The fourth-order valence-corrected chi connectivity index (χ4v) is 2.81. The molecule has 0 amide bonds. The third-order valence-electron chi connectivity index (χ3n) is 2.30. The van der Waals surface area contributed by atoms with Crippen LogP contribution in [-0.4, -0.2) is 5.78 Å². The number of hydrogen-bond donors (Lipinski definition) is 0. The van der Waals surface area contributed by atoms with Crippen molar-refractivity contribution in [1.82, 2.24) is 0 Å². The van der Waals surface area contributed by atoms with Crippen molar-refractivity contribution >= 4 is 37.6 Å². The summed E-state index contributed by atoms with van der Waals surface area (Å²) in [6.45, 7) is 0. The van der Waals surface area contributed by atoms with Crippen molar-refractivity contribution in [2.75, 3.05) is 0 Å². The van der Waals surface area contributed by atoms with E-state index in [4.69, 9.17) is 0 Å². The van der Waals surface area contributed by atoms with Crippen LogP contribution in [0.5, 0.6) is 0 Å². The zero-order chi connectivity index (χ0) is 13.3. The maximum Gasteiger partial charge on any atom is 0.196 e. The highest BCUT2D eigenvalue weighted by Crippen LogP contribution is 2.23. The summed E-state index contributed by atoms with van der Waals surface area (Å²) in [4.78, 5) is 12.1. The minimum Gasteiger partial charge on any atom is -0.288 e. The van der Waals surface area contributed by atoms with Crippen LogP contribution in [0.15, 0.2) is 45.3 Å². The van der Waals surface area contributed by atoms with Crippen LogP contribution in [-0.2, 0) is 0 Å². The molecule has 2 rings (SSSR count). The van der Waals surface area contributed by atoms with Gasteiger partial charge in [0.2, 0.25) is 0 Å². The Balaban J connectivity index is 2.51. The average Bonchev–Trinajstić information content (AvgIpc) is 2.30. The van der Waals surface area contributed by atoms with Crippen LogP contribution < -0.4 is 0 Å². The molecule has 0 saturated heterocycles. The molecule has 0 aliphatic carbocycles. The van der Waals surface area contributed by atoms with E-state index in [0.29, 0.717) is 8.95 Å². The van der Waals surface area contributed by atoms with E-state index in [1.807, 2.05) is 0 Å². The Hall–Kier alpha value is -1.07. The van der Waals surface area contributed by atoms with Crippen LogP contribution in [0, 0.1) is 11.6 Å². The van der Waals surface area contributed by atoms with E-state index >= 15 is 0 Å². The van der Waals surface area contributed by atoms with Gasteiger partial charge in [-0.3, -0.25) is 4.79 Å². The topological polar surface area (TPSA) is 17.1 Å². The predicted molar refractivity (Wildman–Crippen MR) is 71.6 cm³/mol. The Morgan fingerprint density at radius 2 is 1.56 bits per heavy atom. The van der Waals surface area contributed by atoms with Gasteiger partial charge in [-0.15, -0.1) is 0 Å². The van der Waals surface area contributed by atoms with Gasteiger partial charge in [-0.2, -0.15) is 0 Å². The molecule has 2 aromatic carbocycles. The third kappa shape index (κ3) is 2.84. The lowest BCUT2D eigenvalue weighted by Gasteiger charge is -2.04. The summed E-state index contributed by atoms with van der Waals surface area (Å²) in [5.41, 5.74) is 0.000694. The first-order valence-electron chi connectivity index (χ1n) is 4.93. The standard InChI is InChI=1S/C13H6Br2F2O/c14-8-3-7(4-9(15)5-8)13(18)11-6-10(16)1-2-12(11)17/h1-6H. The van der Waals surface area contributed by atoms with Gasteiger partial charge >= 0.3 is 0 Å². The van der Waals surface area contributed by atoms with Crippen LogP contribution in [0.2, 0.25) is 0 Å². The first-order chi connectivity index (χ1) is 8.47. The number of carbonyl (C=O) groups excluding carboxylic acids is 1. The summed E-state index contributed by atoms with van der Waals surface area (Å²) in [6, 6.07) is 7.67. The molecular weight excluding hydrogens is 370 g/mol. The van der Waals surface area contributed by atoms with Crippen molar-refractivity contribution in [3.63, 3.8) is 0 Å². The first kappa shape index (κ1) is 13.4. The van der Waals surface area contributed by atoms with E-state index in [-0.39, 0.29) is 11.1 Å². The van der Waals surface area contributed by atoms with Crippen molar-refractivity contribution < 1.29 is 13.6 Å². The quantitative estimate of drug-likeness (QED) is 0.694. The normalized spacial score (nSPS) is 10.4. The fourth-order valence-electron chi connectivity index (χ4n) is 1.51. The van der Waals surface area contributed by atoms with Crippen LogP contribution in [0.25, 0.3) is 0 Å². The van der Waals surface area contributed by atoms with Crippen LogP contribution >= 0.6 is 31.9 Å². The number of rotatable bonds is 2. The van der Waals surface area contributed by atoms with E-state index in [1.165, 1.54) is 0 Å². The van der Waals surface area contributed by atoms with Gasteiger partial charge in [0, 0.05) is 14.5 Å². The van der Waals surface area contributed by atoms with E-state index in [0.717, 1.165) is 18.2 Å². The minimum absolute atomic E-state index is 0.278. The predicted octanol–water partition coefficient (Wildman–Crippen LogP) is 4.72. The summed E-state index contributed by atoms with van der Waals surface area (Å²) >= 11 is 6.47. The number of halogens is 4. The Morgan fingerprint density at radius 1 is 0.944 bits per heavy atom. The lowest BCUT2D eigenvalue weighted by atomic mass is 10.0. The Bertz CT molecular complexity index is 606. The molecule has 0 spiro atoms. The molecule has 0 atom stereocenters. The van der Waals surface area contributed by atoms with Crippen LogP contribution in [0.3, 0.4) is 0 Å². The second kappa shape index (κ2) is 5.28. The van der Waals surface area contributed by atoms with Gasteiger partial charge in [-0.1, -0.05) is 31.9 Å². The second-order valence-electron chi connectivity index (χ2n) is 3.61. The summed E-state index contributed by atoms with van der Waals surface area (Å²) < 4.78 is 27.9. The molecule has 0 N–H and O–H groups in total. The number of carbonyl (C=O) groups is 1. The molecule has 5 heteroatoms. The van der Waals surface area contributed by atoms with Crippen molar-refractivity contribution in [2.24, 2.45) is 0 Å². The van der Waals surface area contributed by atoms with Gasteiger partial charge in [-0.25, -0.2) is 8.78 Å². The van der Waals surface area contributed by atoms with Gasteiger partial charge in [0.1, 0.15) is 11.6 Å². The first-order valence-corrected chi connectivity index (χ1v) is 6.52. The molecule has 0 unspecified atom stereocenters. The van der Waals surface area contributed by atoms with Crippen molar-refractivity contribution in [3.8, 4) is 0 Å². The second-order valence-corrected chi connectivity index (χ2v) is 5.44. The van der Waals surface area contributed by atoms with Crippen molar-refractivity contribution in [1.29, 1.82) is 0 Å². The SMILES string of the molecule is O=C(c1cc(Br)cc(Br)c1)c1cc(F)ccc1F. The highest BCUT2D eigenvalue weighted by Gasteiger charge is 2.15. The van der Waals surface area contributed by atoms with E-state index < -0.39 is 17.4 Å². The fraction of sp³-hybridized carbons (Fsp3) is 0. The minimum atomic E-state index is -0.738.